The second-order valence-electron chi connectivity index (χ2n) is 9.57. The molecule has 0 radical (unpaired) electrons. The van der Waals surface area contributed by atoms with Gasteiger partial charge in [-0.25, -0.2) is 18.1 Å². The summed E-state index contributed by atoms with van der Waals surface area (Å²) in [6.45, 7) is 3.58. The minimum absolute atomic E-state index is 0.00696. The molecule has 1 spiro atoms. The maximum absolute atomic E-state index is 12.7. The van der Waals surface area contributed by atoms with E-state index < -0.39 is 22.0 Å². The number of hydrogen-bond acceptors (Lipinski definition) is 10. The van der Waals surface area contributed by atoms with Crippen LogP contribution in [0.3, 0.4) is 0 Å². The number of nitrogens with one attached hydrogen (secondary N) is 4. The van der Waals surface area contributed by atoms with E-state index in [0.717, 1.165) is 5.56 Å². The Labute approximate surface area is 226 Å². The number of aryl methyl sites for hydroxylation is 1. The van der Waals surface area contributed by atoms with Crippen LogP contribution in [0.2, 0.25) is 0 Å². The first-order chi connectivity index (χ1) is 18.0. The Morgan fingerprint density at radius 1 is 1.21 bits per heavy atom. The van der Waals surface area contributed by atoms with Crippen molar-refractivity contribution >= 4 is 45.2 Å². The number of nitrogens with two attached hydrogens (primary N) is 2. The molecule has 3 aliphatic heterocycles. The molecule has 0 aromatic heterocycles. The number of halogens is 1. The van der Waals surface area contributed by atoms with E-state index in [0.29, 0.717) is 44.9 Å². The molecule has 1 fully saturated rings. The summed E-state index contributed by atoms with van der Waals surface area (Å²) in [5, 5.41) is 8.73. The minimum Gasteiger partial charge on any atom is -0.385 e. The van der Waals surface area contributed by atoms with Gasteiger partial charge in [0.2, 0.25) is 15.9 Å². The van der Waals surface area contributed by atoms with Crippen LogP contribution < -0.4 is 32.1 Å². The molecular weight excluding hydrogens is 534 g/mol. The topological polar surface area (TPSA) is 196 Å². The summed E-state index contributed by atoms with van der Waals surface area (Å²) < 4.78 is 27.3. The normalized spacial score (nSPS) is 20.9. The summed E-state index contributed by atoms with van der Waals surface area (Å²) in [5.74, 6) is -0.181. The molecule has 8 N–H and O–H groups in total. The van der Waals surface area contributed by atoms with Crippen LogP contribution >= 0.6 is 11.6 Å². The molecule has 0 bridgehead atoms. The summed E-state index contributed by atoms with van der Waals surface area (Å²) in [6, 6.07) is 5.63. The number of benzene rings is 1. The number of amides is 2. The van der Waals surface area contributed by atoms with Gasteiger partial charge in [0.05, 0.1) is 17.0 Å². The highest BCUT2D eigenvalue weighted by Crippen LogP contribution is 2.26. The first-order valence-corrected chi connectivity index (χ1v) is 14.1. The molecule has 3 heterocycles. The zero-order chi connectivity index (χ0) is 27.5. The fourth-order valence-electron chi connectivity index (χ4n) is 4.42. The van der Waals surface area contributed by atoms with Crippen molar-refractivity contribution in [3.8, 4) is 0 Å². The van der Waals surface area contributed by atoms with Gasteiger partial charge in [0, 0.05) is 26.1 Å². The second-order valence-corrected chi connectivity index (χ2v) is 11.7. The van der Waals surface area contributed by atoms with Crippen LogP contribution in [0.1, 0.15) is 31.2 Å². The molecule has 1 atom stereocenters. The average Bonchev–Trinajstić information content (AvgIpc) is 3.26. The molecule has 1 aromatic rings. The van der Waals surface area contributed by atoms with Gasteiger partial charge in [0.15, 0.2) is 17.8 Å². The number of guanidine groups is 1. The lowest BCUT2D eigenvalue weighted by molar-refractivity contribution is -0.132. The monoisotopic (exact) mass is 565 g/mol. The standard InChI is InChI=1S/C23H32ClN9O4S/c1-14-4-6-15(7-5-14)38(36,37)28-10-2-3-16(34)33-11-8-23(9-12-33)13-27-22(32-23)31-21(35)17-19(25)30-20(26)18(24)29-17/h4-7,17,28-29H,2-3,8-13,26H2,1H3,(H2,25,30)(H2,27,31,32,35). The summed E-state index contributed by atoms with van der Waals surface area (Å²) in [7, 11) is -3.60. The zero-order valence-corrected chi connectivity index (χ0v) is 22.5. The van der Waals surface area contributed by atoms with Crippen LogP contribution in [0.5, 0.6) is 0 Å². The van der Waals surface area contributed by atoms with Crippen LogP contribution in [0, 0.1) is 6.92 Å². The molecule has 4 rings (SSSR count). The fourth-order valence-corrected chi connectivity index (χ4v) is 5.65. The van der Waals surface area contributed by atoms with E-state index in [1.54, 1.807) is 29.2 Å². The number of piperidine rings is 1. The van der Waals surface area contributed by atoms with E-state index in [1.807, 2.05) is 6.92 Å². The van der Waals surface area contributed by atoms with E-state index in [9.17, 15) is 18.0 Å². The van der Waals surface area contributed by atoms with E-state index in [4.69, 9.17) is 23.1 Å². The Balaban J connectivity index is 1.18. The van der Waals surface area contributed by atoms with Gasteiger partial charge in [-0.05, 0) is 38.3 Å². The van der Waals surface area contributed by atoms with E-state index in [1.165, 1.54) is 0 Å². The van der Waals surface area contributed by atoms with Crippen molar-refractivity contribution in [3.05, 3.63) is 40.8 Å². The second kappa shape index (κ2) is 11.2. The molecule has 0 aliphatic carbocycles. The van der Waals surface area contributed by atoms with Crippen LogP contribution in [0.4, 0.5) is 0 Å². The largest absolute Gasteiger partial charge is 0.385 e. The lowest BCUT2D eigenvalue weighted by atomic mass is 9.88. The van der Waals surface area contributed by atoms with Crippen molar-refractivity contribution in [1.82, 2.24) is 25.6 Å². The van der Waals surface area contributed by atoms with Gasteiger partial charge < -0.3 is 27.0 Å². The summed E-state index contributed by atoms with van der Waals surface area (Å²) >= 11 is 5.93. The highest BCUT2D eigenvalue weighted by atomic mass is 35.5. The van der Waals surface area contributed by atoms with Crippen molar-refractivity contribution < 1.29 is 18.0 Å². The van der Waals surface area contributed by atoms with Crippen molar-refractivity contribution in [1.29, 1.82) is 0 Å². The lowest BCUT2D eigenvalue weighted by Gasteiger charge is -2.39. The predicted molar refractivity (Wildman–Crippen MR) is 143 cm³/mol. The van der Waals surface area contributed by atoms with Crippen LogP contribution in [0.15, 0.2) is 50.1 Å². The highest BCUT2D eigenvalue weighted by molar-refractivity contribution is 7.89. The molecular formula is C23H32ClN9O4S. The molecule has 1 aromatic carbocycles. The van der Waals surface area contributed by atoms with Gasteiger partial charge in [-0.15, -0.1) is 0 Å². The maximum atomic E-state index is 12.7. The number of hydrogen-bond donors (Lipinski definition) is 6. The SMILES string of the molecule is Cc1ccc(S(=O)(=O)NCCCC(=O)N2CCC3(CC2)CN=C(NC(=O)C2NC(Cl)=C(N)N=C2N)N3)cc1. The molecule has 206 valence electrons. The summed E-state index contributed by atoms with van der Waals surface area (Å²) in [5.41, 5.74) is 12.0. The van der Waals surface area contributed by atoms with Crippen LogP contribution in [-0.4, -0.2) is 74.7 Å². The van der Waals surface area contributed by atoms with Gasteiger partial charge in [-0.2, -0.15) is 0 Å². The number of nitrogens with zero attached hydrogens (tertiary/aromatic N) is 3. The lowest BCUT2D eigenvalue weighted by Crippen LogP contribution is -2.59. The van der Waals surface area contributed by atoms with Crippen LogP contribution in [0.25, 0.3) is 0 Å². The third-order valence-electron chi connectivity index (χ3n) is 6.73. The third-order valence-corrected chi connectivity index (χ3v) is 8.51. The predicted octanol–water partition coefficient (Wildman–Crippen LogP) is -0.857. The van der Waals surface area contributed by atoms with E-state index in [-0.39, 0.29) is 46.1 Å². The summed E-state index contributed by atoms with van der Waals surface area (Å²) in [4.78, 5) is 35.6. The fraction of sp³-hybridized carbons (Fsp3) is 0.478. The van der Waals surface area contributed by atoms with Gasteiger partial charge in [-0.1, -0.05) is 29.3 Å². The minimum atomic E-state index is -3.60. The Morgan fingerprint density at radius 3 is 2.58 bits per heavy atom. The smallest absolute Gasteiger partial charge is 0.257 e. The van der Waals surface area contributed by atoms with Crippen molar-refractivity contribution in [2.24, 2.45) is 21.5 Å². The summed E-state index contributed by atoms with van der Waals surface area (Å²) in [6.07, 6.45) is 1.94. The Hall–Kier alpha value is -3.36. The molecule has 3 aliphatic rings. The molecule has 1 unspecified atom stereocenters. The number of carbonyl (C=O) groups excluding carboxylic acids is 2. The average molecular weight is 566 g/mol. The molecule has 2 amide bonds. The molecule has 0 saturated carbocycles. The Morgan fingerprint density at radius 2 is 1.89 bits per heavy atom. The Kier molecular flexibility index (Phi) is 8.13. The Bertz CT molecular complexity index is 1290. The first kappa shape index (κ1) is 27.7. The molecule has 1 saturated heterocycles. The number of aliphatic imine (C=N–C) groups is 2. The molecule has 15 heteroatoms. The van der Waals surface area contributed by atoms with E-state index in [2.05, 4.69) is 30.7 Å². The van der Waals surface area contributed by atoms with Crippen molar-refractivity contribution in [2.75, 3.05) is 26.2 Å². The zero-order valence-electron chi connectivity index (χ0n) is 21.0. The molecule has 38 heavy (non-hydrogen) atoms. The number of amidine groups is 1. The first-order valence-electron chi connectivity index (χ1n) is 12.2. The number of likely N-dealkylation sites (tertiary alicyclic amines) is 1. The van der Waals surface area contributed by atoms with Crippen molar-refractivity contribution in [2.45, 2.75) is 49.1 Å². The molecule has 13 nitrogen and oxygen atoms in total. The van der Waals surface area contributed by atoms with Crippen molar-refractivity contribution in [3.63, 3.8) is 0 Å². The highest BCUT2D eigenvalue weighted by Gasteiger charge is 2.40. The van der Waals surface area contributed by atoms with E-state index >= 15 is 0 Å². The maximum Gasteiger partial charge on any atom is 0.257 e. The number of carbonyl (C=O) groups is 2. The third kappa shape index (κ3) is 6.37. The number of sulfonamides is 1. The quantitative estimate of drug-likeness (QED) is 0.181. The van der Waals surface area contributed by atoms with Gasteiger partial charge in [0.1, 0.15) is 11.0 Å². The number of rotatable bonds is 7. The van der Waals surface area contributed by atoms with Crippen LogP contribution in [-0.2, 0) is 19.6 Å². The van der Waals surface area contributed by atoms with Gasteiger partial charge in [0.25, 0.3) is 5.91 Å². The van der Waals surface area contributed by atoms with Gasteiger partial charge >= 0.3 is 0 Å². The van der Waals surface area contributed by atoms with Gasteiger partial charge in [-0.3, -0.25) is 19.9 Å².